The van der Waals surface area contributed by atoms with Gasteiger partial charge in [-0.2, -0.15) is 5.10 Å². The summed E-state index contributed by atoms with van der Waals surface area (Å²) in [6.45, 7) is 0.596. The number of hydrogen-bond acceptors (Lipinski definition) is 5. The first-order valence-electron chi connectivity index (χ1n) is 8.54. The second-order valence-corrected chi connectivity index (χ2v) is 6.05. The van der Waals surface area contributed by atoms with Crippen LogP contribution in [0.4, 0.5) is 0 Å². The SMILES string of the molecule is COc1ccc(CCN(C)C(=O)c2ccc(-n3cncn3)cc2)cc1OC. The molecule has 1 aromatic heterocycles. The molecule has 0 unspecified atom stereocenters. The Kier molecular flexibility index (Phi) is 5.71. The van der Waals surface area contributed by atoms with Gasteiger partial charge < -0.3 is 14.4 Å². The van der Waals surface area contributed by atoms with E-state index < -0.39 is 0 Å². The van der Waals surface area contributed by atoms with Crippen molar-refractivity contribution in [3.63, 3.8) is 0 Å². The number of carbonyl (C=O) groups excluding carboxylic acids is 1. The number of benzene rings is 2. The lowest BCUT2D eigenvalue weighted by molar-refractivity contribution is 0.0796. The van der Waals surface area contributed by atoms with Crippen LogP contribution in [0.1, 0.15) is 15.9 Å². The molecule has 0 radical (unpaired) electrons. The van der Waals surface area contributed by atoms with Crippen LogP contribution in [0.2, 0.25) is 0 Å². The Morgan fingerprint density at radius 1 is 1.07 bits per heavy atom. The number of carbonyl (C=O) groups is 1. The maximum absolute atomic E-state index is 12.6. The van der Waals surface area contributed by atoms with Gasteiger partial charge in [-0.1, -0.05) is 6.07 Å². The minimum atomic E-state index is -0.0272. The predicted molar refractivity (Wildman–Crippen MR) is 102 cm³/mol. The lowest BCUT2D eigenvalue weighted by Crippen LogP contribution is -2.28. The molecule has 0 aliphatic rings. The average Bonchev–Trinajstić information content (AvgIpc) is 3.26. The van der Waals surface area contributed by atoms with Gasteiger partial charge in [-0.3, -0.25) is 4.79 Å². The predicted octanol–water partition coefficient (Wildman–Crippen LogP) is 2.60. The Labute approximate surface area is 158 Å². The molecule has 0 aliphatic carbocycles. The molecule has 27 heavy (non-hydrogen) atoms. The molecule has 0 aliphatic heterocycles. The van der Waals surface area contributed by atoms with E-state index in [1.807, 2.05) is 30.3 Å². The zero-order valence-corrected chi connectivity index (χ0v) is 15.6. The van der Waals surface area contributed by atoms with E-state index in [0.717, 1.165) is 17.7 Å². The van der Waals surface area contributed by atoms with Crippen molar-refractivity contribution in [3.8, 4) is 17.2 Å². The third-order valence-electron chi connectivity index (χ3n) is 4.33. The van der Waals surface area contributed by atoms with E-state index >= 15 is 0 Å². The third-order valence-corrected chi connectivity index (χ3v) is 4.33. The number of ether oxygens (including phenoxy) is 2. The summed E-state index contributed by atoms with van der Waals surface area (Å²) in [4.78, 5) is 18.3. The summed E-state index contributed by atoms with van der Waals surface area (Å²) in [5.74, 6) is 1.35. The molecule has 0 N–H and O–H groups in total. The van der Waals surface area contributed by atoms with Crippen molar-refractivity contribution in [3.05, 3.63) is 66.2 Å². The number of amides is 1. The van der Waals surface area contributed by atoms with Gasteiger partial charge in [-0.05, 0) is 48.4 Å². The smallest absolute Gasteiger partial charge is 0.253 e. The highest BCUT2D eigenvalue weighted by atomic mass is 16.5. The number of hydrogen-bond donors (Lipinski definition) is 0. The number of aromatic nitrogens is 3. The van der Waals surface area contributed by atoms with Gasteiger partial charge in [0, 0.05) is 19.2 Å². The molecule has 0 fully saturated rings. The second-order valence-electron chi connectivity index (χ2n) is 6.05. The van der Waals surface area contributed by atoms with Gasteiger partial charge in [0.25, 0.3) is 5.91 Å². The van der Waals surface area contributed by atoms with Crippen LogP contribution in [0, 0.1) is 0 Å². The maximum Gasteiger partial charge on any atom is 0.253 e. The fourth-order valence-electron chi connectivity index (χ4n) is 2.75. The van der Waals surface area contributed by atoms with Crippen molar-refractivity contribution in [2.75, 3.05) is 27.8 Å². The molecule has 2 aromatic carbocycles. The van der Waals surface area contributed by atoms with Crippen LogP contribution in [0.5, 0.6) is 11.5 Å². The summed E-state index contributed by atoms with van der Waals surface area (Å²) in [5, 5.41) is 4.08. The summed E-state index contributed by atoms with van der Waals surface area (Å²) in [7, 11) is 5.02. The first-order valence-corrected chi connectivity index (χ1v) is 8.54. The number of likely N-dealkylation sites (N-methyl/N-ethyl adjacent to an activating group) is 1. The Hall–Kier alpha value is -3.35. The van der Waals surface area contributed by atoms with E-state index in [-0.39, 0.29) is 5.91 Å². The summed E-state index contributed by atoms with van der Waals surface area (Å²) >= 11 is 0. The quantitative estimate of drug-likeness (QED) is 0.643. The van der Waals surface area contributed by atoms with Gasteiger partial charge in [0.2, 0.25) is 0 Å². The van der Waals surface area contributed by atoms with Crippen molar-refractivity contribution in [1.82, 2.24) is 19.7 Å². The van der Waals surface area contributed by atoms with E-state index in [4.69, 9.17) is 9.47 Å². The van der Waals surface area contributed by atoms with Crippen molar-refractivity contribution < 1.29 is 14.3 Å². The van der Waals surface area contributed by atoms with Gasteiger partial charge in [-0.15, -0.1) is 0 Å². The highest BCUT2D eigenvalue weighted by molar-refractivity contribution is 5.94. The molecular formula is C20H22N4O3. The molecule has 3 aromatic rings. The van der Waals surface area contributed by atoms with Crippen LogP contribution < -0.4 is 9.47 Å². The van der Waals surface area contributed by atoms with Crippen LogP contribution in [-0.2, 0) is 6.42 Å². The van der Waals surface area contributed by atoms with E-state index in [2.05, 4.69) is 10.1 Å². The van der Waals surface area contributed by atoms with Gasteiger partial charge >= 0.3 is 0 Å². The topological polar surface area (TPSA) is 69.5 Å². The van der Waals surface area contributed by atoms with Crippen molar-refractivity contribution in [2.24, 2.45) is 0 Å². The van der Waals surface area contributed by atoms with Crippen LogP contribution in [0.15, 0.2) is 55.1 Å². The van der Waals surface area contributed by atoms with Crippen molar-refractivity contribution in [2.45, 2.75) is 6.42 Å². The Morgan fingerprint density at radius 3 is 2.44 bits per heavy atom. The highest BCUT2D eigenvalue weighted by Gasteiger charge is 2.12. The lowest BCUT2D eigenvalue weighted by atomic mass is 10.1. The molecule has 3 rings (SSSR count). The summed E-state index contributed by atoms with van der Waals surface area (Å²) in [6, 6.07) is 13.1. The van der Waals surface area contributed by atoms with E-state index in [9.17, 15) is 4.79 Å². The molecule has 7 heteroatoms. The maximum atomic E-state index is 12.6. The first kappa shape index (κ1) is 18.4. The summed E-state index contributed by atoms with van der Waals surface area (Å²) in [6.07, 6.45) is 3.81. The summed E-state index contributed by atoms with van der Waals surface area (Å²) in [5.41, 5.74) is 2.57. The molecule has 1 amide bonds. The Bertz CT molecular complexity index is 892. The number of rotatable bonds is 7. The van der Waals surface area contributed by atoms with Crippen LogP contribution in [-0.4, -0.2) is 53.4 Å². The average molecular weight is 366 g/mol. The van der Waals surface area contributed by atoms with E-state index in [1.165, 1.54) is 6.33 Å². The summed E-state index contributed by atoms with van der Waals surface area (Å²) < 4.78 is 12.2. The minimum Gasteiger partial charge on any atom is -0.493 e. The van der Waals surface area contributed by atoms with Crippen LogP contribution in [0.25, 0.3) is 5.69 Å². The normalized spacial score (nSPS) is 10.5. The first-order chi connectivity index (χ1) is 13.1. The Morgan fingerprint density at radius 2 is 1.81 bits per heavy atom. The van der Waals surface area contributed by atoms with Crippen LogP contribution >= 0.6 is 0 Å². The van der Waals surface area contributed by atoms with Gasteiger partial charge in [0.05, 0.1) is 19.9 Å². The molecule has 0 atom stereocenters. The molecule has 0 saturated carbocycles. The molecule has 0 spiro atoms. The highest BCUT2D eigenvalue weighted by Crippen LogP contribution is 2.27. The monoisotopic (exact) mass is 366 g/mol. The van der Waals surface area contributed by atoms with Crippen molar-refractivity contribution >= 4 is 5.91 Å². The fraction of sp³-hybridized carbons (Fsp3) is 0.250. The molecule has 1 heterocycles. The van der Waals surface area contributed by atoms with E-state index in [1.54, 1.807) is 49.3 Å². The number of nitrogens with zero attached hydrogens (tertiary/aromatic N) is 4. The molecule has 140 valence electrons. The van der Waals surface area contributed by atoms with Crippen LogP contribution in [0.3, 0.4) is 0 Å². The van der Waals surface area contributed by atoms with E-state index in [0.29, 0.717) is 23.6 Å². The van der Waals surface area contributed by atoms with Crippen molar-refractivity contribution in [1.29, 1.82) is 0 Å². The molecule has 7 nitrogen and oxygen atoms in total. The molecule has 0 saturated heterocycles. The lowest BCUT2D eigenvalue weighted by Gasteiger charge is -2.18. The van der Waals surface area contributed by atoms with Gasteiger partial charge in [0.15, 0.2) is 11.5 Å². The molecule has 0 bridgehead atoms. The standard InChI is InChI=1S/C20H22N4O3/c1-23(11-10-15-4-9-18(26-2)19(12-15)27-3)20(25)16-5-7-17(8-6-16)24-14-21-13-22-24/h4-9,12-14H,10-11H2,1-3H3. The minimum absolute atomic E-state index is 0.0272. The largest absolute Gasteiger partial charge is 0.493 e. The zero-order valence-electron chi connectivity index (χ0n) is 15.6. The number of methoxy groups -OCH3 is 2. The third kappa shape index (κ3) is 4.25. The van der Waals surface area contributed by atoms with Gasteiger partial charge in [0.1, 0.15) is 12.7 Å². The molecular weight excluding hydrogens is 344 g/mol. The zero-order chi connectivity index (χ0) is 19.2. The second kappa shape index (κ2) is 8.35. The fourth-order valence-corrected chi connectivity index (χ4v) is 2.75. The van der Waals surface area contributed by atoms with Gasteiger partial charge in [-0.25, -0.2) is 9.67 Å². The Balaban J connectivity index is 1.62.